The lowest BCUT2D eigenvalue weighted by molar-refractivity contribution is -0.301. The molecule has 0 aromatic heterocycles. The van der Waals surface area contributed by atoms with Crippen LogP contribution in [0, 0.1) is 11.8 Å². The van der Waals surface area contributed by atoms with Crippen molar-refractivity contribution in [1.29, 1.82) is 0 Å². The van der Waals surface area contributed by atoms with Gasteiger partial charge in [-0.05, 0) is 24.7 Å². The van der Waals surface area contributed by atoms with E-state index in [0.717, 1.165) is 19.3 Å². The second-order valence-electron chi connectivity index (χ2n) is 4.70. The summed E-state index contributed by atoms with van der Waals surface area (Å²) in [6.07, 6.45) is -3.61. The first-order valence-electron chi connectivity index (χ1n) is 5.75. The molecule has 1 rings (SSSR count). The van der Waals surface area contributed by atoms with E-state index in [1.54, 1.807) is 0 Å². The van der Waals surface area contributed by atoms with Crippen LogP contribution in [-0.2, 0) is 4.74 Å². The minimum absolute atomic E-state index is 0.0454. The largest absolute Gasteiger partial charge is 0.455 e. The number of ether oxygens (including phenoxy) is 1. The van der Waals surface area contributed by atoms with E-state index >= 15 is 0 Å². The van der Waals surface area contributed by atoms with Gasteiger partial charge in [0.2, 0.25) is 0 Å². The summed E-state index contributed by atoms with van der Waals surface area (Å²) in [6, 6.07) is 0. The van der Waals surface area contributed by atoms with Gasteiger partial charge in [-0.3, -0.25) is 0 Å². The van der Waals surface area contributed by atoms with E-state index in [4.69, 9.17) is 4.74 Å². The number of alkyl halides is 5. The molecule has 1 saturated carbocycles. The molecule has 0 N–H and O–H groups in total. The van der Waals surface area contributed by atoms with Crippen LogP contribution in [-0.4, -0.2) is 24.8 Å². The maximum atomic E-state index is 12.7. The summed E-state index contributed by atoms with van der Waals surface area (Å²) in [4.78, 5) is 0. The summed E-state index contributed by atoms with van der Waals surface area (Å²) >= 11 is 0. The van der Waals surface area contributed by atoms with Crippen LogP contribution >= 0.6 is 0 Å². The predicted molar refractivity (Wildman–Crippen MR) is 52.9 cm³/mol. The third-order valence-corrected chi connectivity index (χ3v) is 3.41. The van der Waals surface area contributed by atoms with Crippen LogP contribution in [0.25, 0.3) is 0 Å². The van der Waals surface area contributed by atoms with Crippen molar-refractivity contribution in [1.82, 2.24) is 0 Å². The number of rotatable bonds is 4. The zero-order valence-corrected chi connectivity index (χ0v) is 9.86. The summed E-state index contributed by atoms with van der Waals surface area (Å²) in [6.45, 7) is 2.15. The molecular weight excluding hydrogens is 243 g/mol. The van der Waals surface area contributed by atoms with Gasteiger partial charge in [0.25, 0.3) is 0 Å². The highest BCUT2D eigenvalue weighted by Gasteiger charge is 2.58. The van der Waals surface area contributed by atoms with Gasteiger partial charge in [0, 0.05) is 0 Å². The molecule has 1 fully saturated rings. The third-order valence-electron chi connectivity index (χ3n) is 3.41. The average molecular weight is 260 g/mol. The molecule has 17 heavy (non-hydrogen) atoms. The van der Waals surface area contributed by atoms with Gasteiger partial charge in [0.05, 0.1) is 6.10 Å². The lowest BCUT2D eigenvalue weighted by atomic mass is 9.99. The molecule has 1 aliphatic rings. The van der Waals surface area contributed by atoms with Crippen molar-refractivity contribution in [2.45, 2.75) is 51.3 Å². The highest BCUT2D eigenvalue weighted by molar-refractivity contribution is 4.84. The Morgan fingerprint density at radius 1 is 1.12 bits per heavy atom. The fourth-order valence-corrected chi connectivity index (χ4v) is 2.29. The first-order valence-corrected chi connectivity index (χ1v) is 5.75. The third kappa shape index (κ3) is 3.30. The molecule has 0 aliphatic heterocycles. The molecular formula is C11H17F5O. The van der Waals surface area contributed by atoms with Gasteiger partial charge in [0.15, 0.2) is 0 Å². The first-order chi connectivity index (χ1) is 7.69. The summed E-state index contributed by atoms with van der Waals surface area (Å²) < 4.78 is 66.1. The van der Waals surface area contributed by atoms with Crippen LogP contribution in [0.15, 0.2) is 0 Å². The van der Waals surface area contributed by atoms with Gasteiger partial charge in [-0.15, -0.1) is 0 Å². The zero-order valence-electron chi connectivity index (χ0n) is 9.86. The second-order valence-corrected chi connectivity index (χ2v) is 4.70. The van der Waals surface area contributed by atoms with E-state index in [9.17, 15) is 22.0 Å². The molecule has 0 aromatic carbocycles. The molecule has 0 spiro atoms. The summed E-state index contributed by atoms with van der Waals surface area (Å²) in [7, 11) is 0. The van der Waals surface area contributed by atoms with E-state index < -0.39 is 24.8 Å². The van der Waals surface area contributed by atoms with Gasteiger partial charge in [0.1, 0.15) is 6.61 Å². The molecule has 0 bridgehead atoms. The highest BCUT2D eigenvalue weighted by Crippen LogP contribution is 2.39. The van der Waals surface area contributed by atoms with Crippen molar-refractivity contribution < 1.29 is 26.7 Å². The van der Waals surface area contributed by atoms with E-state index in [0.29, 0.717) is 0 Å². The topological polar surface area (TPSA) is 9.23 Å². The van der Waals surface area contributed by atoms with Gasteiger partial charge >= 0.3 is 12.1 Å². The van der Waals surface area contributed by atoms with Crippen LogP contribution in [0.4, 0.5) is 22.0 Å². The predicted octanol–water partition coefficient (Wildman–Crippen LogP) is 4.03. The number of hydrogen-bond acceptors (Lipinski definition) is 1. The van der Waals surface area contributed by atoms with Crippen molar-refractivity contribution in [3.05, 3.63) is 0 Å². The Labute approximate surface area is 97.3 Å². The van der Waals surface area contributed by atoms with Crippen molar-refractivity contribution in [3.63, 3.8) is 0 Å². The molecule has 0 aromatic rings. The van der Waals surface area contributed by atoms with E-state index in [2.05, 4.69) is 0 Å². The Hall–Kier alpha value is -0.390. The zero-order chi connectivity index (χ0) is 13.3. The van der Waals surface area contributed by atoms with Crippen LogP contribution < -0.4 is 0 Å². The molecule has 3 unspecified atom stereocenters. The Kier molecular flexibility index (Phi) is 4.38. The van der Waals surface area contributed by atoms with Gasteiger partial charge in [-0.2, -0.15) is 22.0 Å². The van der Waals surface area contributed by atoms with Crippen LogP contribution in [0.3, 0.4) is 0 Å². The monoisotopic (exact) mass is 260 g/mol. The Balaban J connectivity index is 2.55. The van der Waals surface area contributed by atoms with Gasteiger partial charge in [-0.1, -0.05) is 20.3 Å². The first kappa shape index (κ1) is 14.7. The fraction of sp³-hybridized carbons (Fsp3) is 1.00. The minimum atomic E-state index is -5.53. The quantitative estimate of drug-likeness (QED) is 0.693. The lowest BCUT2D eigenvalue weighted by Gasteiger charge is -2.26. The van der Waals surface area contributed by atoms with E-state index in [1.165, 1.54) is 0 Å². The molecule has 1 nitrogen and oxygen atoms in total. The summed E-state index contributed by atoms with van der Waals surface area (Å²) in [5.74, 6) is -4.62. The highest BCUT2D eigenvalue weighted by atomic mass is 19.4. The van der Waals surface area contributed by atoms with Crippen molar-refractivity contribution in [2.75, 3.05) is 6.61 Å². The average Bonchev–Trinajstić information content (AvgIpc) is 2.54. The van der Waals surface area contributed by atoms with Crippen LogP contribution in [0.2, 0.25) is 0 Å². The number of halogens is 5. The molecule has 6 heteroatoms. The fourth-order valence-electron chi connectivity index (χ4n) is 2.29. The van der Waals surface area contributed by atoms with E-state index in [1.807, 2.05) is 13.8 Å². The second kappa shape index (κ2) is 5.08. The molecule has 1 aliphatic carbocycles. The maximum Gasteiger partial charge on any atom is 0.455 e. The van der Waals surface area contributed by atoms with Crippen molar-refractivity contribution in [2.24, 2.45) is 11.8 Å². The number of hydrogen-bond donors (Lipinski definition) is 0. The van der Waals surface area contributed by atoms with Gasteiger partial charge in [-0.25, -0.2) is 0 Å². The van der Waals surface area contributed by atoms with Crippen LogP contribution in [0.1, 0.15) is 33.1 Å². The minimum Gasteiger partial charge on any atom is -0.371 e. The molecule has 0 saturated heterocycles. The standard InChI is InChI=1S/C11H17F5O/c1-3-8-5-4-7(2)9(8)17-6-10(12,13)11(14,15)16/h7-9H,3-6H2,1-2H3. The van der Waals surface area contributed by atoms with E-state index in [-0.39, 0.29) is 11.8 Å². The van der Waals surface area contributed by atoms with Crippen molar-refractivity contribution >= 4 is 0 Å². The van der Waals surface area contributed by atoms with Crippen LogP contribution in [0.5, 0.6) is 0 Å². The Morgan fingerprint density at radius 3 is 2.18 bits per heavy atom. The molecule has 102 valence electrons. The molecule has 0 radical (unpaired) electrons. The summed E-state index contributed by atoms with van der Waals surface area (Å²) in [5, 5.41) is 0. The maximum absolute atomic E-state index is 12.7. The molecule has 0 amide bonds. The van der Waals surface area contributed by atoms with Crippen molar-refractivity contribution in [3.8, 4) is 0 Å². The normalized spacial score (nSPS) is 30.9. The summed E-state index contributed by atoms with van der Waals surface area (Å²) in [5.41, 5.74) is 0. The smallest absolute Gasteiger partial charge is 0.371 e. The molecule has 0 heterocycles. The van der Waals surface area contributed by atoms with Gasteiger partial charge < -0.3 is 4.74 Å². The Morgan fingerprint density at radius 2 is 1.71 bits per heavy atom. The lowest BCUT2D eigenvalue weighted by Crippen LogP contribution is -2.42. The molecule has 3 atom stereocenters. The SMILES string of the molecule is CCC1CCC(C)C1OCC(F)(F)C(F)(F)F. The Bertz CT molecular complexity index is 251.